The Hall–Kier alpha value is -0.950. The third-order valence-corrected chi connectivity index (χ3v) is 5.60. The number of benzene rings is 1. The summed E-state index contributed by atoms with van der Waals surface area (Å²) in [6, 6.07) is 5.66. The fourth-order valence-corrected chi connectivity index (χ4v) is 3.80. The minimum Gasteiger partial charge on any atom is -0.379 e. The molecular formula is C16H26N2O3S. The van der Waals surface area contributed by atoms with E-state index in [9.17, 15) is 8.42 Å². The summed E-state index contributed by atoms with van der Waals surface area (Å²) in [5.41, 5.74) is 1.82. The zero-order chi connectivity index (χ0) is 16.2. The second-order valence-electron chi connectivity index (χ2n) is 6.03. The second-order valence-corrected chi connectivity index (χ2v) is 7.77. The number of hydrogen-bond acceptors (Lipinski definition) is 4. The van der Waals surface area contributed by atoms with Crippen LogP contribution >= 0.6 is 0 Å². The summed E-state index contributed by atoms with van der Waals surface area (Å²) >= 11 is 0. The Morgan fingerprint density at radius 3 is 2.59 bits per heavy atom. The Balaban J connectivity index is 2.01. The maximum absolute atomic E-state index is 12.5. The van der Waals surface area contributed by atoms with Gasteiger partial charge in [0.05, 0.1) is 18.1 Å². The number of aryl methyl sites for hydroxylation is 1. The van der Waals surface area contributed by atoms with Crippen LogP contribution in [0.15, 0.2) is 23.1 Å². The Morgan fingerprint density at radius 2 is 1.95 bits per heavy atom. The average Bonchev–Trinajstić information content (AvgIpc) is 2.48. The van der Waals surface area contributed by atoms with Crippen LogP contribution in [0, 0.1) is 6.92 Å². The molecule has 1 saturated heterocycles. The first-order valence-electron chi connectivity index (χ1n) is 7.80. The molecular weight excluding hydrogens is 300 g/mol. The van der Waals surface area contributed by atoms with Crippen LogP contribution in [0.3, 0.4) is 0 Å². The van der Waals surface area contributed by atoms with Crippen LogP contribution in [0.2, 0.25) is 0 Å². The Morgan fingerprint density at radius 1 is 1.27 bits per heavy atom. The van der Waals surface area contributed by atoms with E-state index < -0.39 is 10.0 Å². The number of rotatable bonds is 6. The first-order valence-corrected chi connectivity index (χ1v) is 9.29. The SMILES string of the molecule is Cc1ccc(C(C)C)cc1S(=O)(=O)NCCN1CCOCC1. The Labute approximate surface area is 133 Å². The van der Waals surface area contributed by atoms with Gasteiger partial charge in [0.1, 0.15) is 0 Å². The maximum atomic E-state index is 12.5. The molecule has 1 aliphatic heterocycles. The van der Waals surface area contributed by atoms with E-state index >= 15 is 0 Å². The van der Waals surface area contributed by atoms with Gasteiger partial charge in [0.2, 0.25) is 10.0 Å². The van der Waals surface area contributed by atoms with Gasteiger partial charge in [-0.2, -0.15) is 0 Å². The van der Waals surface area contributed by atoms with Crippen molar-refractivity contribution < 1.29 is 13.2 Å². The lowest BCUT2D eigenvalue weighted by molar-refractivity contribution is 0.0390. The van der Waals surface area contributed by atoms with E-state index in [2.05, 4.69) is 23.5 Å². The quantitative estimate of drug-likeness (QED) is 0.865. The highest BCUT2D eigenvalue weighted by Crippen LogP contribution is 2.22. The molecule has 0 saturated carbocycles. The van der Waals surface area contributed by atoms with E-state index in [1.54, 1.807) is 6.07 Å². The number of sulfonamides is 1. The zero-order valence-corrected chi connectivity index (χ0v) is 14.4. The van der Waals surface area contributed by atoms with Crippen LogP contribution in [0.1, 0.15) is 30.9 Å². The molecule has 1 aromatic rings. The molecule has 0 bridgehead atoms. The molecule has 124 valence electrons. The highest BCUT2D eigenvalue weighted by Gasteiger charge is 2.18. The predicted molar refractivity (Wildman–Crippen MR) is 87.7 cm³/mol. The average molecular weight is 326 g/mol. The molecule has 0 radical (unpaired) electrons. The largest absolute Gasteiger partial charge is 0.379 e. The van der Waals surface area contributed by atoms with Crippen molar-refractivity contribution in [3.8, 4) is 0 Å². The monoisotopic (exact) mass is 326 g/mol. The molecule has 1 aliphatic rings. The molecule has 1 heterocycles. The summed E-state index contributed by atoms with van der Waals surface area (Å²) in [6.07, 6.45) is 0. The van der Waals surface area contributed by atoms with E-state index in [4.69, 9.17) is 4.74 Å². The molecule has 1 N–H and O–H groups in total. The summed E-state index contributed by atoms with van der Waals surface area (Å²) in [5, 5.41) is 0. The minimum atomic E-state index is -3.46. The standard InChI is InChI=1S/C16H26N2O3S/c1-13(2)15-5-4-14(3)16(12-15)22(19,20)17-6-7-18-8-10-21-11-9-18/h4-5,12-13,17H,6-11H2,1-3H3. The fraction of sp³-hybridized carbons (Fsp3) is 0.625. The summed E-state index contributed by atoms with van der Waals surface area (Å²) in [5.74, 6) is 0.308. The maximum Gasteiger partial charge on any atom is 0.240 e. The van der Waals surface area contributed by atoms with Gasteiger partial charge >= 0.3 is 0 Å². The van der Waals surface area contributed by atoms with Crippen molar-refractivity contribution in [2.75, 3.05) is 39.4 Å². The van der Waals surface area contributed by atoms with Gasteiger partial charge in [-0.25, -0.2) is 13.1 Å². The van der Waals surface area contributed by atoms with E-state index in [1.807, 2.05) is 19.1 Å². The predicted octanol–water partition coefficient (Wildman–Crippen LogP) is 1.73. The third kappa shape index (κ3) is 4.52. The third-order valence-electron chi connectivity index (χ3n) is 3.99. The molecule has 22 heavy (non-hydrogen) atoms. The molecule has 1 fully saturated rings. The van der Waals surface area contributed by atoms with Gasteiger partial charge in [0.25, 0.3) is 0 Å². The number of hydrogen-bond donors (Lipinski definition) is 1. The normalized spacial score (nSPS) is 17.1. The molecule has 0 aromatic heterocycles. The Kier molecular flexibility index (Phi) is 5.97. The lowest BCUT2D eigenvalue weighted by Gasteiger charge is -2.26. The highest BCUT2D eigenvalue weighted by atomic mass is 32.2. The topological polar surface area (TPSA) is 58.6 Å². The van der Waals surface area contributed by atoms with Crippen molar-refractivity contribution in [2.45, 2.75) is 31.6 Å². The summed E-state index contributed by atoms with van der Waals surface area (Å²) in [7, 11) is -3.46. The zero-order valence-electron chi connectivity index (χ0n) is 13.6. The van der Waals surface area contributed by atoms with Crippen molar-refractivity contribution in [1.82, 2.24) is 9.62 Å². The van der Waals surface area contributed by atoms with Gasteiger partial charge in [-0.15, -0.1) is 0 Å². The summed E-state index contributed by atoms with van der Waals surface area (Å²) < 4.78 is 33.0. The highest BCUT2D eigenvalue weighted by molar-refractivity contribution is 7.89. The van der Waals surface area contributed by atoms with Gasteiger partial charge in [-0.3, -0.25) is 4.90 Å². The van der Waals surface area contributed by atoms with Crippen molar-refractivity contribution >= 4 is 10.0 Å². The number of ether oxygens (including phenoxy) is 1. The fourth-order valence-electron chi connectivity index (χ4n) is 2.51. The second kappa shape index (κ2) is 7.55. The molecule has 5 nitrogen and oxygen atoms in total. The molecule has 1 aromatic carbocycles. The lowest BCUT2D eigenvalue weighted by Crippen LogP contribution is -2.41. The van der Waals surface area contributed by atoms with Crippen molar-refractivity contribution in [3.63, 3.8) is 0 Å². The van der Waals surface area contributed by atoms with Gasteiger partial charge in [-0.1, -0.05) is 26.0 Å². The number of nitrogens with one attached hydrogen (secondary N) is 1. The van der Waals surface area contributed by atoms with Crippen molar-refractivity contribution in [1.29, 1.82) is 0 Å². The van der Waals surface area contributed by atoms with Gasteiger partial charge in [0.15, 0.2) is 0 Å². The van der Waals surface area contributed by atoms with Gasteiger partial charge in [0, 0.05) is 26.2 Å². The smallest absolute Gasteiger partial charge is 0.240 e. The van der Waals surface area contributed by atoms with E-state index in [-0.39, 0.29) is 0 Å². The first kappa shape index (κ1) is 17.4. The molecule has 0 amide bonds. The molecule has 0 atom stereocenters. The Bertz CT molecular complexity index is 593. The molecule has 0 aliphatic carbocycles. The van der Waals surface area contributed by atoms with Crippen LogP contribution in [0.4, 0.5) is 0 Å². The minimum absolute atomic E-state index is 0.308. The summed E-state index contributed by atoms with van der Waals surface area (Å²) in [4.78, 5) is 2.60. The molecule has 2 rings (SSSR count). The number of nitrogens with zero attached hydrogens (tertiary/aromatic N) is 1. The van der Waals surface area contributed by atoms with Crippen LogP contribution in [0.25, 0.3) is 0 Å². The van der Waals surface area contributed by atoms with E-state index in [0.717, 1.165) is 37.4 Å². The van der Waals surface area contributed by atoms with Crippen LogP contribution in [-0.2, 0) is 14.8 Å². The van der Waals surface area contributed by atoms with Crippen LogP contribution in [0.5, 0.6) is 0 Å². The van der Waals surface area contributed by atoms with Gasteiger partial charge in [-0.05, 0) is 30.0 Å². The van der Waals surface area contributed by atoms with Crippen molar-refractivity contribution in [3.05, 3.63) is 29.3 Å². The van der Waals surface area contributed by atoms with Crippen molar-refractivity contribution in [2.24, 2.45) is 0 Å². The number of morpholine rings is 1. The van der Waals surface area contributed by atoms with Gasteiger partial charge < -0.3 is 4.74 Å². The van der Waals surface area contributed by atoms with Crippen LogP contribution in [-0.4, -0.2) is 52.7 Å². The lowest BCUT2D eigenvalue weighted by atomic mass is 10.0. The first-order chi connectivity index (χ1) is 10.4. The molecule has 0 unspecified atom stereocenters. The molecule has 6 heteroatoms. The van der Waals surface area contributed by atoms with Crippen LogP contribution < -0.4 is 4.72 Å². The van der Waals surface area contributed by atoms with E-state index in [0.29, 0.717) is 23.9 Å². The molecule has 0 spiro atoms. The summed E-state index contributed by atoms with van der Waals surface area (Å²) in [6.45, 7) is 10.3. The van der Waals surface area contributed by atoms with E-state index in [1.165, 1.54) is 0 Å².